The third-order valence-electron chi connectivity index (χ3n) is 2.25. The van der Waals surface area contributed by atoms with Crippen molar-refractivity contribution in [3.05, 3.63) is 10.5 Å². The van der Waals surface area contributed by atoms with E-state index in [0.29, 0.717) is 12.8 Å². The molecule has 0 spiro atoms. The Labute approximate surface area is 117 Å². The second kappa shape index (κ2) is 6.76. The molecule has 87 valence electrons. The normalized spacial score (nSPS) is 16.6. The number of allylic oxidation sites excluding steroid dienone is 1. The largest absolute Gasteiger partial charge is 0.463 e. The second-order valence-corrected chi connectivity index (χ2v) is 4.75. The summed E-state index contributed by atoms with van der Waals surface area (Å²) < 4.78 is 35.7. The Balaban J connectivity index is 0.00000225. The van der Waals surface area contributed by atoms with Crippen molar-refractivity contribution in [1.82, 2.24) is 0 Å². The van der Waals surface area contributed by atoms with Crippen molar-refractivity contribution in [3.63, 3.8) is 0 Å². The van der Waals surface area contributed by atoms with Crippen LogP contribution in [0.4, 0.5) is 0 Å². The molecule has 1 aliphatic carbocycles. The molecule has 1 rings (SSSR count). The molecule has 5 nitrogen and oxygen atoms in total. The minimum absolute atomic E-state index is 0. The van der Waals surface area contributed by atoms with Crippen LogP contribution in [0.5, 0.6) is 0 Å². The van der Waals surface area contributed by atoms with E-state index in [2.05, 4.69) is 0 Å². The Morgan fingerprint density at radius 1 is 1.38 bits per heavy atom. The van der Waals surface area contributed by atoms with Crippen LogP contribution in [-0.4, -0.2) is 55.1 Å². The van der Waals surface area contributed by atoms with E-state index in [0.717, 1.165) is 6.42 Å². The maximum absolute atomic E-state index is 11.4. The zero-order valence-electron chi connectivity index (χ0n) is 9.52. The molecule has 0 atom stereocenters. The van der Waals surface area contributed by atoms with Gasteiger partial charge >= 0.3 is 5.97 Å². The van der Waals surface area contributed by atoms with Gasteiger partial charge in [-0.1, -0.05) is 0 Å². The van der Waals surface area contributed by atoms with E-state index in [1.165, 1.54) is 0 Å². The van der Waals surface area contributed by atoms with Crippen LogP contribution < -0.4 is 0 Å². The molecule has 0 bridgehead atoms. The molecule has 0 aromatic rings. The summed E-state index contributed by atoms with van der Waals surface area (Å²) in [5.41, 5.74) is 0.102. The molecule has 0 heterocycles. The van der Waals surface area contributed by atoms with Crippen molar-refractivity contribution in [2.45, 2.75) is 32.6 Å². The van der Waals surface area contributed by atoms with E-state index in [1.807, 2.05) is 0 Å². The Morgan fingerprint density at radius 2 is 1.94 bits per heavy atom. The first-order chi connectivity index (χ1) is 6.96. The molecule has 0 aromatic carbocycles. The fourth-order valence-electron chi connectivity index (χ4n) is 1.60. The van der Waals surface area contributed by atoms with Crippen molar-refractivity contribution in [2.24, 2.45) is 0 Å². The van der Waals surface area contributed by atoms with Gasteiger partial charge in [-0.25, -0.2) is 4.79 Å². The number of carbonyl (C=O) groups is 1. The fourth-order valence-corrected chi connectivity index (χ4v) is 2.50. The van der Waals surface area contributed by atoms with Gasteiger partial charge in [-0.05, 0) is 32.6 Å². The van der Waals surface area contributed by atoms with E-state index in [-0.39, 0.29) is 53.1 Å². The van der Waals surface area contributed by atoms with Gasteiger partial charge in [0.05, 0.1) is 17.1 Å². The zero-order valence-corrected chi connectivity index (χ0v) is 12.3. The van der Waals surface area contributed by atoms with Crippen LogP contribution in [0, 0.1) is 0 Å². The van der Waals surface area contributed by atoms with Gasteiger partial charge in [-0.15, -0.1) is 0 Å². The molecule has 0 aliphatic heterocycles. The Hall–Kier alpha value is 0.120. The third-order valence-corrected chi connectivity index (χ3v) is 3.32. The molecule has 16 heavy (non-hydrogen) atoms. The predicted molar refractivity (Wildman–Crippen MR) is 59.4 cm³/mol. The first-order valence-corrected chi connectivity index (χ1v) is 6.27. The van der Waals surface area contributed by atoms with Gasteiger partial charge in [0.15, 0.2) is 0 Å². The van der Waals surface area contributed by atoms with Crippen molar-refractivity contribution in [2.75, 3.05) is 6.61 Å². The molecule has 1 radical (unpaired) electrons. The Morgan fingerprint density at radius 3 is 2.44 bits per heavy atom. The molecule has 0 fully saturated rings. The van der Waals surface area contributed by atoms with Gasteiger partial charge in [0.25, 0.3) is 10.1 Å². The summed E-state index contributed by atoms with van der Waals surface area (Å²) in [5.74, 6) is -0.634. The summed E-state index contributed by atoms with van der Waals surface area (Å²) in [6, 6.07) is 0. The number of esters is 1. The maximum Gasteiger partial charge on any atom is 0.335 e. The van der Waals surface area contributed by atoms with Gasteiger partial charge in [0, 0.05) is 29.6 Å². The summed E-state index contributed by atoms with van der Waals surface area (Å²) in [6.45, 7) is 1.84. The van der Waals surface area contributed by atoms with Gasteiger partial charge in [0.1, 0.15) is 0 Å². The molecule has 7 heteroatoms. The third kappa shape index (κ3) is 4.18. The zero-order chi connectivity index (χ0) is 11.5. The number of ether oxygens (including phenoxy) is 1. The molecule has 0 unspecified atom stereocenters. The Bertz CT molecular complexity index is 385. The van der Waals surface area contributed by atoms with E-state index in [4.69, 9.17) is 9.29 Å². The molecular formula is C9H14NaO5S. The average Bonchev–Trinajstić information content (AvgIpc) is 2.17. The minimum atomic E-state index is -4.26. The SMILES string of the molecule is CCOC(=O)C1=C(S(=O)(=O)O)CCCC1.[Na]. The van der Waals surface area contributed by atoms with Crippen molar-refractivity contribution >= 4 is 45.6 Å². The van der Waals surface area contributed by atoms with Crippen LogP contribution in [0.15, 0.2) is 10.5 Å². The van der Waals surface area contributed by atoms with Crippen LogP contribution in [-0.2, 0) is 19.6 Å². The fraction of sp³-hybridized carbons (Fsp3) is 0.667. The van der Waals surface area contributed by atoms with E-state index < -0.39 is 16.1 Å². The predicted octanol–water partition coefficient (Wildman–Crippen LogP) is 0.885. The Kier molecular flexibility index (Phi) is 6.81. The van der Waals surface area contributed by atoms with Gasteiger partial charge in [-0.2, -0.15) is 8.42 Å². The number of hydrogen-bond acceptors (Lipinski definition) is 4. The van der Waals surface area contributed by atoms with Crippen LogP contribution in [0.3, 0.4) is 0 Å². The minimum Gasteiger partial charge on any atom is -0.463 e. The van der Waals surface area contributed by atoms with Crippen LogP contribution in [0.25, 0.3) is 0 Å². The van der Waals surface area contributed by atoms with E-state index in [1.54, 1.807) is 6.92 Å². The van der Waals surface area contributed by atoms with Crippen molar-refractivity contribution in [1.29, 1.82) is 0 Å². The van der Waals surface area contributed by atoms with Crippen molar-refractivity contribution < 1.29 is 22.5 Å². The monoisotopic (exact) mass is 257 g/mol. The summed E-state index contributed by atoms with van der Waals surface area (Å²) in [4.78, 5) is 11.2. The summed E-state index contributed by atoms with van der Waals surface area (Å²) in [5, 5.41) is 0. The summed E-state index contributed by atoms with van der Waals surface area (Å²) in [6.07, 6.45) is 1.98. The second-order valence-electron chi connectivity index (χ2n) is 3.30. The van der Waals surface area contributed by atoms with Crippen LogP contribution in [0.2, 0.25) is 0 Å². The topological polar surface area (TPSA) is 80.7 Å². The molecular weight excluding hydrogens is 243 g/mol. The quantitative estimate of drug-likeness (QED) is 0.461. The smallest absolute Gasteiger partial charge is 0.335 e. The maximum atomic E-state index is 11.4. The molecule has 0 aromatic heterocycles. The number of carbonyl (C=O) groups excluding carboxylic acids is 1. The summed E-state index contributed by atoms with van der Waals surface area (Å²) >= 11 is 0. The number of rotatable bonds is 3. The average molecular weight is 257 g/mol. The van der Waals surface area contributed by atoms with Gasteiger partial charge in [-0.3, -0.25) is 4.55 Å². The van der Waals surface area contributed by atoms with Crippen molar-refractivity contribution in [3.8, 4) is 0 Å². The van der Waals surface area contributed by atoms with E-state index >= 15 is 0 Å². The molecule has 1 aliphatic rings. The van der Waals surface area contributed by atoms with Crippen LogP contribution >= 0.6 is 0 Å². The number of hydrogen-bond donors (Lipinski definition) is 1. The van der Waals surface area contributed by atoms with Gasteiger partial charge < -0.3 is 4.74 Å². The molecule has 0 saturated heterocycles. The molecule has 1 N–H and O–H groups in total. The first kappa shape index (κ1) is 16.1. The standard InChI is InChI=1S/C9H14O5S.Na/c1-2-14-9(10)7-5-3-4-6-8(7)15(11,12)13;/h2-6H2,1H3,(H,11,12,13);. The first-order valence-electron chi connectivity index (χ1n) is 4.83. The molecule has 0 amide bonds. The molecule has 0 saturated carbocycles. The van der Waals surface area contributed by atoms with E-state index in [9.17, 15) is 13.2 Å². The van der Waals surface area contributed by atoms with Crippen LogP contribution in [0.1, 0.15) is 32.6 Å². The summed E-state index contributed by atoms with van der Waals surface area (Å²) in [7, 11) is -4.26. The van der Waals surface area contributed by atoms with Gasteiger partial charge in [0.2, 0.25) is 0 Å².